The third-order valence-corrected chi connectivity index (χ3v) is 4.25. The highest BCUT2D eigenvalue weighted by Crippen LogP contribution is 2.32. The number of esters is 1. The summed E-state index contributed by atoms with van der Waals surface area (Å²) in [5.41, 5.74) is 2.10. The molecule has 2 aromatic carbocycles. The van der Waals surface area contributed by atoms with Crippen molar-refractivity contribution in [1.29, 1.82) is 0 Å². The Morgan fingerprint density at radius 1 is 1.03 bits per heavy atom. The van der Waals surface area contributed by atoms with E-state index in [1.165, 1.54) is 7.11 Å². The third-order valence-electron chi connectivity index (χ3n) is 4.25. The van der Waals surface area contributed by atoms with E-state index in [0.717, 1.165) is 0 Å². The van der Waals surface area contributed by atoms with Crippen molar-refractivity contribution in [3.05, 3.63) is 71.9 Å². The van der Waals surface area contributed by atoms with Crippen LogP contribution in [-0.4, -0.2) is 30.8 Å². The number of para-hydroxylation sites is 1. The zero-order valence-corrected chi connectivity index (χ0v) is 15.5. The van der Waals surface area contributed by atoms with Gasteiger partial charge in [0, 0.05) is 5.56 Å². The van der Waals surface area contributed by atoms with Crippen LogP contribution in [0.1, 0.15) is 20.7 Å². The smallest absolute Gasteiger partial charge is 0.339 e. The highest BCUT2D eigenvalue weighted by atomic mass is 16.7. The van der Waals surface area contributed by atoms with Gasteiger partial charge in [-0.05, 0) is 42.5 Å². The van der Waals surface area contributed by atoms with Crippen LogP contribution in [0.25, 0.3) is 0 Å². The van der Waals surface area contributed by atoms with Crippen molar-refractivity contribution in [3.8, 4) is 11.5 Å². The minimum Gasteiger partial charge on any atom is -0.465 e. The Labute approximate surface area is 166 Å². The Morgan fingerprint density at radius 2 is 1.86 bits per heavy atom. The Morgan fingerprint density at radius 3 is 2.66 bits per heavy atom. The molecule has 2 N–H and O–H groups in total. The molecule has 8 heteroatoms. The summed E-state index contributed by atoms with van der Waals surface area (Å²) >= 11 is 0. The Balaban J connectivity index is 1.45. The van der Waals surface area contributed by atoms with E-state index in [-0.39, 0.29) is 12.7 Å². The first-order valence-corrected chi connectivity index (χ1v) is 8.75. The maximum Gasteiger partial charge on any atom is 0.339 e. The maximum absolute atomic E-state index is 12.4. The van der Waals surface area contributed by atoms with E-state index >= 15 is 0 Å². The molecule has 0 spiro atoms. The lowest BCUT2D eigenvalue weighted by Gasteiger charge is -2.11. The molecule has 4 rings (SSSR count). The van der Waals surface area contributed by atoms with Crippen molar-refractivity contribution in [1.82, 2.24) is 4.98 Å². The van der Waals surface area contributed by atoms with Crippen molar-refractivity contribution in [2.75, 3.05) is 24.5 Å². The molecule has 29 heavy (non-hydrogen) atoms. The zero-order valence-electron chi connectivity index (χ0n) is 15.5. The van der Waals surface area contributed by atoms with Gasteiger partial charge in [0.15, 0.2) is 11.5 Å². The molecular formula is C21H17N3O5. The lowest BCUT2D eigenvalue weighted by Crippen LogP contribution is -2.13. The molecule has 1 aromatic heterocycles. The van der Waals surface area contributed by atoms with Gasteiger partial charge in [0.05, 0.1) is 30.2 Å². The van der Waals surface area contributed by atoms with Crippen LogP contribution in [-0.2, 0) is 4.74 Å². The van der Waals surface area contributed by atoms with Crippen LogP contribution in [0, 0.1) is 0 Å². The first-order valence-electron chi connectivity index (χ1n) is 8.75. The number of carbonyl (C=O) groups is 2. The molecular weight excluding hydrogens is 374 g/mol. The average Bonchev–Trinajstić information content (AvgIpc) is 3.23. The summed E-state index contributed by atoms with van der Waals surface area (Å²) in [7, 11) is 1.33. The fourth-order valence-electron chi connectivity index (χ4n) is 2.80. The molecule has 0 bridgehead atoms. The number of amides is 1. The molecule has 1 aliphatic rings. The molecule has 0 saturated heterocycles. The van der Waals surface area contributed by atoms with Gasteiger partial charge in [0.1, 0.15) is 5.82 Å². The number of nitrogens with zero attached hydrogens (tertiary/aromatic N) is 1. The van der Waals surface area contributed by atoms with E-state index in [4.69, 9.17) is 14.2 Å². The van der Waals surface area contributed by atoms with Crippen molar-refractivity contribution < 1.29 is 23.8 Å². The summed E-state index contributed by atoms with van der Waals surface area (Å²) in [6.45, 7) is 0.148. The zero-order chi connectivity index (χ0) is 20.2. The number of aromatic nitrogens is 1. The molecule has 0 fully saturated rings. The van der Waals surface area contributed by atoms with Gasteiger partial charge in [0.2, 0.25) is 6.79 Å². The molecule has 0 aliphatic carbocycles. The number of ether oxygens (including phenoxy) is 3. The molecule has 0 saturated carbocycles. The predicted octanol–water partition coefficient (Wildman–Crippen LogP) is 3.59. The van der Waals surface area contributed by atoms with Crippen LogP contribution in [0.15, 0.2) is 60.8 Å². The fourth-order valence-corrected chi connectivity index (χ4v) is 2.80. The van der Waals surface area contributed by atoms with Crippen molar-refractivity contribution in [2.24, 2.45) is 0 Å². The van der Waals surface area contributed by atoms with Crippen LogP contribution in [0.5, 0.6) is 11.5 Å². The highest BCUT2D eigenvalue weighted by Gasteiger charge is 2.16. The first-order chi connectivity index (χ1) is 14.1. The number of benzene rings is 2. The SMILES string of the molecule is COC(=O)c1ccccc1Nc1ccc(NC(=O)c2ccc3c(c2)OCO3)nc1. The summed E-state index contributed by atoms with van der Waals surface area (Å²) in [5.74, 6) is 0.789. The highest BCUT2D eigenvalue weighted by molar-refractivity contribution is 6.04. The van der Waals surface area contributed by atoms with Gasteiger partial charge in [0.25, 0.3) is 5.91 Å². The van der Waals surface area contributed by atoms with Gasteiger partial charge in [-0.2, -0.15) is 0 Å². The van der Waals surface area contributed by atoms with Crippen molar-refractivity contribution in [2.45, 2.75) is 0 Å². The maximum atomic E-state index is 12.4. The number of hydrogen-bond donors (Lipinski definition) is 2. The number of hydrogen-bond acceptors (Lipinski definition) is 7. The Kier molecular flexibility index (Phi) is 4.98. The largest absolute Gasteiger partial charge is 0.465 e. The summed E-state index contributed by atoms with van der Waals surface area (Å²) in [4.78, 5) is 28.5. The predicted molar refractivity (Wildman–Crippen MR) is 106 cm³/mol. The van der Waals surface area contributed by atoms with E-state index in [0.29, 0.717) is 39.8 Å². The second kappa shape index (κ2) is 7.89. The van der Waals surface area contributed by atoms with E-state index in [2.05, 4.69) is 15.6 Å². The van der Waals surface area contributed by atoms with Crippen LogP contribution in [0.3, 0.4) is 0 Å². The standard InChI is InChI=1S/C21H17N3O5/c1-27-21(26)15-4-2-3-5-16(15)23-14-7-9-19(22-11-14)24-20(25)13-6-8-17-18(10-13)29-12-28-17/h2-11,23H,12H2,1H3,(H,22,24,25). The van der Waals surface area contributed by atoms with E-state index in [9.17, 15) is 9.59 Å². The minimum absolute atomic E-state index is 0.148. The number of methoxy groups -OCH3 is 1. The second-order valence-corrected chi connectivity index (χ2v) is 6.12. The molecule has 1 amide bonds. The first kappa shape index (κ1) is 18.3. The van der Waals surface area contributed by atoms with Gasteiger partial charge in [-0.3, -0.25) is 4.79 Å². The normalized spacial score (nSPS) is 11.6. The number of carbonyl (C=O) groups excluding carboxylic acids is 2. The molecule has 8 nitrogen and oxygen atoms in total. The van der Waals surface area contributed by atoms with Crippen molar-refractivity contribution >= 4 is 29.1 Å². The topological polar surface area (TPSA) is 98.8 Å². The Hall–Kier alpha value is -4.07. The molecule has 0 atom stereocenters. The molecule has 146 valence electrons. The number of fused-ring (bicyclic) bond motifs is 1. The lowest BCUT2D eigenvalue weighted by atomic mass is 10.1. The van der Waals surface area contributed by atoms with E-state index in [1.807, 2.05) is 6.07 Å². The van der Waals surface area contributed by atoms with Gasteiger partial charge in [-0.1, -0.05) is 12.1 Å². The van der Waals surface area contributed by atoms with E-state index in [1.54, 1.807) is 54.7 Å². The molecule has 3 aromatic rings. The lowest BCUT2D eigenvalue weighted by molar-refractivity contribution is 0.0601. The van der Waals surface area contributed by atoms with Crippen LogP contribution >= 0.6 is 0 Å². The summed E-state index contributed by atoms with van der Waals surface area (Å²) in [6.07, 6.45) is 1.56. The minimum atomic E-state index is -0.436. The van der Waals surface area contributed by atoms with Crippen LogP contribution < -0.4 is 20.1 Å². The molecule has 0 radical (unpaired) electrons. The number of pyridine rings is 1. The quantitative estimate of drug-likeness (QED) is 0.641. The van der Waals surface area contributed by atoms with E-state index < -0.39 is 5.97 Å². The summed E-state index contributed by atoms with van der Waals surface area (Å²) < 4.78 is 15.3. The average molecular weight is 391 g/mol. The second-order valence-electron chi connectivity index (χ2n) is 6.12. The monoisotopic (exact) mass is 391 g/mol. The molecule has 1 aliphatic heterocycles. The number of nitrogens with one attached hydrogen (secondary N) is 2. The van der Waals surface area contributed by atoms with Gasteiger partial charge in [-0.25, -0.2) is 9.78 Å². The molecule has 0 unspecified atom stereocenters. The number of rotatable bonds is 5. The third kappa shape index (κ3) is 3.96. The summed E-state index contributed by atoms with van der Waals surface area (Å²) in [6, 6.07) is 15.4. The Bertz CT molecular complexity index is 1070. The van der Waals surface area contributed by atoms with Gasteiger partial charge >= 0.3 is 5.97 Å². The van der Waals surface area contributed by atoms with Crippen LogP contribution in [0.4, 0.5) is 17.2 Å². The van der Waals surface area contributed by atoms with Gasteiger partial charge < -0.3 is 24.8 Å². The van der Waals surface area contributed by atoms with Crippen molar-refractivity contribution in [3.63, 3.8) is 0 Å². The van der Waals surface area contributed by atoms with Crippen LogP contribution in [0.2, 0.25) is 0 Å². The van der Waals surface area contributed by atoms with Gasteiger partial charge in [-0.15, -0.1) is 0 Å². The molecule has 2 heterocycles. The number of anilines is 3. The fraction of sp³-hybridized carbons (Fsp3) is 0.0952. The summed E-state index contributed by atoms with van der Waals surface area (Å²) in [5, 5.41) is 5.85.